The fraction of sp³-hybridized carbons (Fsp3) is 0.263. The summed E-state index contributed by atoms with van der Waals surface area (Å²) in [5.41, 5.74) is 3.65. The molecule has 2 aromatic carbocycles. The minimum Gasteiger partial charge on any atom is -0.462 e. The second kappa shape index (κ2) is 8.45. The van der Waals surface area contributed by atoms with Crippen LogP contribution in [-0.4, -0.2) is 17.7 Å². The van der Waals surface area contributed by atoms with E-state index in [4.69, 9.17) is 17.0 Å². The van der Waals surface area contributed by atoms with Crippen molar-refractivity contribution in [2.45, 2.75) is 26.8 Å². The molecule has 0 aromatic heterocycles. The minimum atomic E-state index is -0.340. The first-order valence-electron chi connectivity index (χ1n) is 7.91. The Kier molecular flexibility index (Phi) is 6.32. The Morgan fingerprint density at radius 2 is 1.96 bits per heavy atom. The van der Waals surface area contributed by atoms with E-state index in [0.717, 1.165) is 5.69 Å². The van der Waals surface area contributed by atoms with E-state index in [1.54, 1.807) is 25.1 Å². The summed E-state index contributed by atoms with van der Waals surface area (Å²) in [5.74, 6) is -0.340. The SMILES string of the molecule is CCOC(=O)c1cccc(NC(=S)N[C@@H](C)c2ccccc2C)c1. The van der Waals surface area contributed by atoms with Crippen molar-refractivity contribution in [1.82, 2.24) is 5.32 Å². The number of hydrogen-bond donors (Lipinski definition) is 2. The standard InChI is InChI=1S/C19H22N2O2S/c1-4-23-18(22)15-9-7-10-16(12-15)21-19(24)20-14(3)17-11-6-5-8-13(17)2/h5-12,14H,4H2,1-3H3,(H2,20,21,24)/t14-/m0/s1. The molecule has 0 unspecified atom stereocenters. The van der Waals surface area contributed by atoms with Crippen LogP contribution in [0.25, 0.3) is 0 Å². The third kappa shape index (κ3) is 4.80. The summed E-state index contributed by atoms with van der Waals surface area (Å²) in [5, 5.41) is 6.88. The third-order valence-electron chi connectivity index (χ3n) is 3.63. The highest BCUT2D eigenvalue weighted by atomic mass is 32.1. The highest BCUT2D eigenvalue weighted by Gasteiger charge is 2.10. The van der Waals surface area contributed by atoms with Gasteiger partial charge in [0.1, 0.15) is 0 Å². The number of hydrogen-bond acceptors (Lipinski definition) is 3. The van der Waals surface area contributed by atoms with Crippen molar-refractivity contribution in [1.29, 1.82) is 0 Å². The zero-order valence-corrected chi connectivity index (χ0v) is 14.9. The fourth-order valence-corrected chi connectivity index (χ4v) is 2.75. The van der Waals surface area contributed by atoms with Gasteiger partial charge in [-0.3, -0.25) is 0 Å². The number of ether oxygens (including phenoxy) is 1. The molecule has 2 aromatic rings. The van der Waals surface area contributed by atoms with E-state index in [-0.39, 0.29) is 12.0 Å². The zero-order chi connectivity index (χ0) is 17.5. The van der Waals surface area contributed by atoms with Crippen LogP contribution in [-0.2, 0) is 4.74 Å². The Balaban J connectivity index is 2.01. The molecular formula is C19H22N2O2S. The summed E-state index contributed by atoms with van der Waals surface area (Å²) in [6, 6.07) is 15.4. The van der Waals surface area contributed by atoms with Crippen molar-refractivity contribution < 1.29 is 9.53 Å². The van der Waals surface area contributed by atoms with E-state index >= 15 is 0 Å². The maximum Gasteiger partial charge on any atom is 0.338 e. The van der Waals surface area contributed by atoms with Crippen molar-refractivity contribution in [2.24, 2.45) is 0 Å². The van der Waals surface area contributed by atoms with Crippen LogP contribution in [0, 0.1) is 6.92 Å². The maximum absolute atomic E-state index is 11.8. The van der Waals surface area contributed by atoms with Crippen LogP contribution in [0.15, 0.2) is 48.5 Å². The molecule has 0 bridgehead atoms. The summed E-state index contributed by atoms with van der Waals surface area (Å²) in [6.45, 7) is 6.27. The van der Waals surface area contributed by atoms with Gasteiger partial charge >= 0.3 is 5.97 Å². The van der Waals surface area contributed by atoms with Crippen LogP contribution in [0.2, 0.25) is 0 Å². The monoisotopic (exact) mass is 342 g/mol. The highest BCUT2D eigenvalue weighted by molar-refractivity contribution is 7.80. The van der Waals surface area contributed by atoms with Crippen LogP contribution < -0.4 is 10.6 Å². The quantitative estimate of drug-likeness (QED) is 0.629. The van der Waals surface area contributed by atoms with E-state index in [9.17, 15) is 4.79 Å². The first kappa shape index (κ1) is 17.9. The van der Waals surface area contributed by atoms with Gasteiger partial charge in [0.15, 0.2) is 5.11 Å². The van der Waals surface area contributed by atoms with E-state index in [2.05, 4.69) is 36.6 Å². The van der Waals surface area contributed by atoms with Gasteiger partial charge in [-0.25, -0.2) is 4.79 Å². The average molecular weight is 342 g/mol. The molecule has 0 amide bonds. The molecule has 0 spiro atoms. The molecule has 126 valence electrons. The Morgan fingerprint density at radius 1 is 1.21 bits per heavy atom. The highest BCUT2D eigenvalue weighted by Crippen LogP contribution is 2.17. The summed E-state index contributed by atoms with van der Waals surface area (Å²) >= 11 is 5.38. The topological polar surface area (TPSA) is 50.4 Å². The summed E-state index contributed by atoms with van der Waals surface area (Å²) in [4.78, 5) is 11.8. The number of nitrogens with one attached hydrogen (secondary N) is 2. The normalized spacial score (nSPS) is 11.5. The molecule has 0 heterocycles. The second-order valence-corrected chi connectivity index (χ2v) is 5.89. The number of aryl methyl sites for hydroxylation is 1. The van der Waals surface area contributed by atoms with Crippen molar-refractivity contribution in [3.05, 3.63) is 65.2 Å². The maximum atomic E-state index is 11.8. The molecule has 0 aliphatic carbocycles. The van der Waals surface area contributed by atoms with Crippen molar-refractivity contribution in [3.8, 4) is 0 Å². The second-order valence-electron chi connectivity index (χ2n) is 5.48. The van der Waals surface area contributed by atoms with E-state index in [0.29, 0.717) is 17.3 Å². The number of rotatable bonds is 5. The van der Waals surface area contributed by atoms with E-state index in [1.807, 2.05) is 18.2 Å². The number of thiocarbonyl (C=S) groups is 1. The van der Waals surface area contributed by atoms with Gasteiger partial charge in [0.2, 0.25) is 0 Å². The van der Waals surface area contributed by atoms with Crippen molar-refractivity contribution in [2.75, 3.05) is 11.9 Å². The molecule has 5 heteroatoms. The molecule has 0 aliphatic rings. The molecule has 4 nitrogen and oxygen atoms in total. The molecule has 0 saturated carbocycles. The Hall–Kier alpha value is -2.40. The molecule has 0 fully saturated rings. The minimum absolute atomic E-state index is 0.0828. The molecule has 24 heavy (non-hydrogen) atoms. The summed E-state index contributed by atoms with van der Waals surface area (Å²) < 4.78 is 5.01. The van der Waals surface area contributed by atoms with Crippen LogP contribution in [0.5, 0.6) is 0 Å². The predicted molar refractivity (Wildman–Crippen MR) is 101 cm³/mol. The lowest BCUT2D eigenvalue weighted by Crippen LogP contribution is -2.31. The van der Waals surface area contributed by atoms with Crippen molar-refractivity contribution >= 4 is 29.0 Å². The molecule has 0 saturated heterocycles. The molecule has 2 rings (SSSR count). The molecule has 2 N–H and O–H groups in total. The smallest absolute Gasteiger partial charge is 0.338 e. The Bertz CT molecular complexity index is 731. The van der Waals surface area contributed by atoms with Gasteiger partial charge in [-0.2, -0.15) is 0 Å². The largest absolute Gasteiger partial charge is 0.462 e. The van der Waals surface area contributed by atoms with Gasteiger partial charge < -0.3 is 15.4 Å². The summed E-state index contributed by atoms with van der Waals surface area (Å²) in [7, 11) is 0. The van der Waals surface area contributed by atoms with Gasteiger partial charge in [0.25, 0.3) is 0 Å². The lowest BCUT2D eigenvalue weighted by molar-refractivity contribution is 0.0526. The molecular weight excluding hydrogens is 320 g/mol. The van der Waals surface area contributed by atoms with Gasteiger partial charge in [-0.05, 0) is 62.3 Å². The molecule has 0 radical (unpaired) electrons. The van der Waals surface area contributed by atoms with E-state index in [1.165, 1.54) is 11.1 Å². The van der Waals surface area contributed by atoms with Crippen LogP contribution in [0.3, 0.4) is 0 Å². The first-order valence-corrected chi connectivity index (χ1v) is 8.32. The van der Waals surface area contributed by atoms with Crippen LogP contribution >= 0.6 is 12.2 Å². The third-order valence-corrected chi connectivity index (χ3v) is 3.85. The molecule has 1 atom stereocenters. The number of anilines is 1. The predicted octanol–water partition coefficient (Wildman–Crippen LogP) is 4.22. The number of esters is 1. The van der Waals surface area contributed by atoms with Gasteiger partial charge in [-0.1, -0.05) is 30.3 Å². The van der Waals surface area contributed by atoms with Gasteiger partial charge in [0.05, 0.1) is 18.2 Å². The average Bonchev–Trinajstić information content (AvgIpc) is 2.55. The Morgan fingerprint density at radius 3 is 2.67 bits per heavy atom. The number of benzene rings is 2. The summed E-state index contributed by atoms with van der Waals surface area (Å²) in [6.07, 6.45) is 0. The van der Waals surface area contributed by atoms with Crippen LogP contribution in [0.4, 0.5) is 5.69 Å². The fourth-order valence-electron chi connectivity index (χ4n) is 2.45. The number of carbonyl (C=O) groups is 1. The number of carbonyl (C=O) groups excluding carboxylic acids is 1. The van der Waals surface area contributed by atoms with E-state index < -0.39 is 0 Å². The lowest BCUT2D eigenvalue weighted by atomic mass is 10.0. The lowest BCUT2D eigenvalue weighted by Gasteiger charge is -2.19. The van der Waals surface area contributed by atoms with Gasteiger partial charge in [0, 0.05) is 5.69 Å². The molecule has 0 aliphatic heterocycles. The zero-order valence-electron chi connectivity index (χ0n) is 14.1. The van der Waals surface area contributed by atoms with Gasteiger partial charge in [-0.15, -0.1) is 0 Å². The Labute approximate surface area is 148 Å². The first-order chi connectivity index (χ1) is 11.5. The van der Waals surface area contributed by atoms with Crippen LogP contribution in [0.1, 0.15) is 41.4 Å². The van der Waals surface area contributed by atoms with Crippen molar-refractivity contribution in [3.63, 3.8) is 0 Å².